The molecule has 0 saturated carbocycles. The smallest absolute Gasteiger partial charge is 0.183 e. The van der Waals surface area contributed by atoms with Gasteiger partial charge in [-0.2, -0.15) is 0 Å². The molecular weight excluding hydrogens is 203 g/mol. The normalized spacial score (nSPS) is 11.9. The Morgan fingerprint density at radius 2 is 1.86 bits per heavy atom. The molecule has 78 valence electrons. The van der Waals surface area contributed by atoms with Crippen LogP contribution in [0, 0.1) is 12.7 Å². The second-order valence-corrected chi connectivity index (χ2v) is 4.85. The molecule has 1 nitrogen and oxygen atoms in total. The Kier molecular flexibility index (Phi) is 2.77. The maximum Gasteiger partial charge on any atom is 0.183 e. The van der Waals surface area contributed by atoms with E-state index in [1.54, 1.807) is 13.0 Å². The quantitative estimate of drug-likeness (QED) is 0.700. The molecule has 0 amide bonds. The van der Waals surface area contributed by atoms with Crippen LogP contribution in [-0.2, 0) is 5.41 Å². The van der Waals surface area contributed by atoms with Gasteiger partial charge in [0.1, 0.15) is 0 Å². The van der Waals surface area contributed by atoms with Crippen LogP contribution in [0.4, 0.5) is 4.39 Å². The largest absolute Gasteiger partial charge is 0.505 e. The molecule has 0 spiro atoms. The van der Waals surface area contributed by atoms with Crippen molar-refractivity contribution in [2.75, 3.05) is 0 Å². The monoisotopic (exact) mass is 216 g/mol. The summed E-state index contributed by atoms with van der Waals surface area (Å²) in [5.41, 5.74) is 1.000. The highest BCUT2D eigenvalue weighted by molar-refractivity contribution is 6.31. The van der Waals surface area contributed by atoms with Gasteiger partial charge in [0.05, 0.1) is 5.02 Å². The lowest BCUT2D eigenvalue weighted by Gasteiger charge is -2.22. The van der Waals surface area contributed by atoms with Gasteiger partial charge < -0.3 is 5.11 Å². The number of aromatic hydroxyl groups is 1. The van der Waals surface area contributed by atoms with E-state index < -0.39 is 5.82 Å². The molecule has 0 unspecified atom stereocenters. The van der Waals surface area contributed by atoms with Crippen molar-refractivity contribution in [2.24, 2.45) is 0 Å². The molecule has 0 fully saturated rings. The van der Waals surface area contributed by atoms with Gasteiger partial charge in [-0.1, -0.05) is 38.4 Å². The van der Waals surface area contributed by atoms with E-state index in [1.165, 1.54) is 0 Å². The van der Waals surface area contributed by atoms with E-state index in [4.69, 9.17) is 11.6 Å². The maximum atomic E-state index is 13.4. The number of phenolic OH excluding ortho intramolecular Hbond substituents is 1. The highest BCUT2D eigenvalue weighted by Gasteiger charge is 2.22. The Balaban J connectivity index is 3.49. The van der Waals surface area contributed by atoms with Gasteiger partial charge in [0.2, 0.25) is 0 Å². The zero-order valence-electron chi connectivity index (χ0n) is 8.78. The predicted octanol–water partition coefficient (Wildman–Crippen LogP) is 3.79. The zero-order valence-corrected chi connectivity index (χ0v) is 9.54. The Morgan fingerprint density at radius 3 is 2.29 bits per heavy atom. The summed E-state index contributed by atoms with van der Waals surface area (Å²) in [6.45, 7) is 7.50. The molecule has 0 saturated heterocycles. The van der Waals surface area contributed by atoms with Crippen molar-refractivity contribution in [3.8, 4) is 5.75 Å². The molecule has 0 aliphatic heterocycles. The Hall–Kier alpha value is -0.760. The van der Waals surface area contributed by atoms with E-state index >= 15 is 0 Å². The number of halogens is 2. The number of benzene rings is 1. The summed E-state index contributed by atoms with van der Waals surface area (Å²) in [6.07, 6.45) is 0. The van der Waals surface area contributed by atoms with Gasteiger partial charge >= 0.3 is 0 Å². The Labute approximate surface area is 88.5 Å². The van der Waals surface area contributed by atoms with E-state index in [9.17, 15) is 9.50 Å². The summed E-state index contributed by atoms with van der Waals surface area (Å²) in [4.78, 5) is 0. The van der Waals surface area contributed by atoms with Crippen LogP contribution in [0.15, 0.2) is 6.07 Å². The van der Waals surface area contributed by atoms with Crippen molar-refractivity contribution >= 4 is 11.6 Å². The van der Waals surface area contributed by atoms with Crippen LogP contribution in [-0.4, -0.2) is 5.11 Å². The SMILES string of the molecule is Cc1cc(C(C)(C)C)c(Cl)c(F)c1O. The first-order valence-corrected chi connectivity index (χ1v) is 4.81. The van der Waals surface area contributed by atoms with E-state index in [1.807, 2.05) is 20.8 Å². The van der Waals surface area contributed by atoms with Crippen LogP contribution in [0.1, 0.15) is 31.9 Å². The summed E-state index contributed by atoms with van der Waals surface area (Å²) >= 11 is 5.82. The van der Waals surface area contributed by atoms with Crippen molar-refractivity contribution < 1.29 is 9.50 Å². The Morgan fingerprint density at radius 1 is 1.36 bits per heavy atom. The highest BCUT2D eigenvalue weighted by atomic mass is 35.5. The number of rotatable bonds is 0. The summed E-state index contributed by atoms with van der Waals surface area (Å²) < 4.78 is 13.4. The van der Waals surface area contributed by atoms with Gasteiger partial charge in [-0.25, -0.2) is 4.39 Å². The van der Waals surface area contributed by atoms with E-state index in [0.717, 1.165) is 0 Å². The topological polar surface area (TPSA) is 20.2 Å². The minimum atomic E-state index is -0.725. The number of aryl methyl sites for hydroxylation is 1. The van der Waals surface area contributed by atoms with Crippen molar-refractivity contribution in [1.29, 1.82) is 0 Å². The third-order valence-corrected chi connectivity index (χ3v) is 2.55. The van der Waals surface area contributed by atoms with Crippen LogP contribution < -0.4 is 0 Å². The molecule has 0 bridgehead atoms. The van der Waals surface area contributed by atoms with E-state index in [0.29, 0.717) is 11.1 Å². The summed E-state index contributed by atoms with van der Waals surface area (Å²) in [7, 11) is 0. The lowest BCUT2D eigenvalue weighted by Crippen LogP contribution is -2.13. The number of hydrogen-bond donors (Lipinski definition) is 1. The fraction of sp³-hybridized carbons (Fsp3) is 0.455. The third kappa shape index (κ3) is 1.85. The molecule has 1 aromatic rings. The van der Waals surface area contributed by atoms with E-state index in [-0.39, 0.29) is 16.2 Å². The first kappa shape index (κ1) is 11.3. The van der Waals surface area contributed by atoms with Gasteiger partial charge in [-0.3, -0.25) is 0 Å². The van der Waals surface area contributed by atoms with Gasteiger partial charge in [0, 0.05) is 0 Å². The fourth-order valence-electron chi connectivity index (χ4n) is 1.29. The number of phenols is 1. The average Bonchev–Trinajstić information content (AvgIpc) is 2.06. The van der Waals surface area contributed by atoms with Crippen molar-refractivity contribution in [1.82, 2.24) is 0 Å². The first-order chi connectivity index (χ1) is 6.25. The molecule has 3 heteroatoms. The molecule has 1 N–H and O–H groups in total. The van der Waals surface area contributed by atoms with Gasteiger partial charge in [-0.15, -0.1) is 0 Å². The summed E-state index contributed by atoms with van der Waals surface area (Å²) in [5, 5.41) is 9.33. The highest BCUT2D eigenvalue weighted by Crippen LogP contribution is 2.36. The van der Waals surface area contributed by atoms with Gasteiger partial charge in [0.15, 0.2) is 11.6 Å². The van der Waals surface area contributed by atoms with Crippen molar-refractivity contribution in [2.45, 2.75) is 33.1 Å². The molecule has 0 aliphatic carbocycles. The lowest BCUT2D eigenvalue weighted by molar-refractivity contribution is 0.426. The Bertz CT molecular complexity index is 367. The standard InChI is InChI=1S/C11H14ClFO/c1-6-5-7(11(2,3)4)8(12)9(13)10(6)14/h5,14H,1-4H3. The fourth-order valence-corrected chi connectivity index (χ4v) is 1.72. The first-order valence-electron chi connectivity index (χ1n) is 4.43. The summed E-state index contributed by atoms with van der Waals surface area (Å²) in [5.74, 6) is -1.08. The van der Waals surface area contributed by atoms with Crippen LogP contribution in [0.3, 0.4) is 0 Å². The molecule has 1 rings (SSSR count). The predicted molar refractivity (Wildman–Crippen MR) is 56.5 cm³/mol. The molecule has 0 heterocycles. The van der Waals surface area contributed by atoms with Gasteiger partial charge in [0.25, 0.3) is 0 Å². The molecule has 0 atom stereocenters. The molecule has 0 radical (unpaired) electrons. The van der Waals surface area contributed by atoms with Crippen LogP contribution >= 0.6 is 11.6 Å². The van der Waals surface area contributed by atoms with Gasteiger partial charge in [-0.05, 0) is 23.5 Å². The van der Waals surface area contributed by atoms with Crippen LogP contribution in [0.5, 0.6) is 5.75 Å². The number of hydrogen-bond acceptors (Lipinski definition) is 1. The summed E-state index contributed by atoms with van der Waals surface area (Å²) in [6, 6.07) is 1.72. The van der Waals surface area contributed by atoms with Crippen LogP contribution in [0.25, 0.3) is 0 Å². The molecule has 14 heavy (non-hydrogen) atoms. The second-order valence-electron chi connectivity index (χ2n) is 4.47. The minimum absolute atomic E-state index is 0.0144. The zero-order chi connectivity index (χ0) is 11.1. The second kappa shape index (κ2) is 3.43. The van der Waals surface area contributed by atoms with Crippen molar-refractivity contribution in [3.05, 3.63) is 28.0 Å². The maximum absolute atomic E-state index is 13.4. The van der Waals surface area contributed by atoms with Crippen molar-refractivity contribution in [3.63, 3.8) is 0 Å². The molecule has 0 aromatic heterocycles. The average molecular weight is 217 g/mol. The molecule has 0 aliphatic rings. The lowest BCUT2D eigenvalue weighted by atomic mass is 9.86. The molecule has 1 aromatic carbocycles. The van der Waals surface area contributed by atoms with E-state index in [2.05, 4.69) is 0 Å². The molecular formula is C11H14ClFO. The van der Waals surface area contributed by atoms with Crippen LogP contribution in [0.2, 0.25) is 5.02 Å². The third-order valence-electron chi connectivity index (χ3n) is 2.18. The minimum Gasteiger partial charge on any atom is -0.505 e.